The van der Waals surface area contributed by atoms with Crippen molar-refractivity contribution in [2.45, 2.75) is 67.7 Å². The van der Waals surface area contributed by atoms with E-state index in [1.54, 1.807) is 59.6 Å². The number of furan rings is 2. The molecule has 4 amide bonds. The van der Waals surface area contributed by atoms with Crippen LogP contribution in [0.25, 0.3) is 44.0 Å². The summed E-state index contributed by atoms with van der Waals surface area (Å²) in [5.41, 5.74) is 16.6. The van der Waals surface area contributed by atoms with Gasteiger partial charge in [0.15, 0.2) is 0 Å². The second kappa shape index (κ2) is 14.2. The fourth-order valence-electron chi connectivity index (χ4n) is 7.44. The molecule has 0 aliphatic carbocycles. The number of fused-ring (bicyclic) bond motifs is 6. The molecular formula is C40H40N12O6. The molecule has 0 fully saturated rings. The quantitative estimate of drug-likeness (QED) is 0.113. The van der Waals surface area contributed by atoms with Gasteiger partial charge in [0, 0.05) is 37.0 Å². The standard InChI is InChI=1S/C40H40N12O6/c1-7-51-29(13-19(3)47-51)37(55)45-39-43-27-17-25(35(41)53)33-23(15-21(5)57-33)31(27)49(39)11-9-10-12-50-32-24-16-22(6)58-34(24)26(36(42)54)18-28(32)44-40(50)46-38(56)30-14-20(4)48-52(30)8-2/h9-10,13-18H,7-8,11-12H2,1-6H3,(H2,41,53)(H2,42,54)(H,43,45,55)(H,44,46,56)/b10-9+. The van der Waals surface area contributed by atoms with Crippen molar-refractivity contribution in [3.8, 4) is 0 Å². The van der Waals surface area contributed by atoms with Crippen molar-refractivity contribution in [2.24, 2.45) is 11.5 Å². The molecule has 296 valence electrons. The second-order valence-corrected chi connectivity index (χ2v) is 14.0. The molecule has 6 heterocycles. The van der Waals surface area contributed by atoms with E-state index in [-0.39, 0.29) is 36.1 Å². The highest BCUT2D eigenvalue weighted by Gasteiger charge is 2.25. The molecule has 6 N–H and O–H groups in total. The number of imidazole rings is 2. The molecule has 6 aromatic heterocycles. The summed E-state index contributed by atoms with van der Waals surface area (Å²) >= 11 is 0. The molecule has 18 heteroatoms. The van der Waals surface area contributed by atoms with Gasteiger partial charge in [0.25, 0.3) is 23.6 Å². The van der Waals surface area contributed by atoms with Gasteiger partial charge in [0.2, 0.25) is 11.9 Å². The van der Waals surface area contributed by atoms with Crippen molar-refractivity contribution in [1.29, 1.82) is 0 Å². The number of primary amides is 2. The zero-order chi connectivity index (χ0) is 41.2. The number of carbonyl (C=O) groups is 4. The number of nitrogens with one attached hydrogen (secondary N) is 2. The van der Waals surface area contributed by atoms with Gasteiger partial charge in [-0.05, 0) is 77.9 Å². The molecular weight excluding hydrogens is 745 g/mol. The molecule has 0 aliphatic heterocycles. The second-order valence-electron chi connectivity index (χ2n) is 14.0. The maximum Gasteiger partial charge on any atom is 0.276 e. The third kappa shape index (κ3) is 6.33. The highest BCUT2D eigenvalue weighted by atomic mass is 16.3. The van der Waals surface area contributed by atoms with E-state index in [2.05, 4.69) is 20.8 Å². The van der Waals surface area contributed by atoms with E-state index in [1.807, 2.05) is 49.0 Å². The first-order valence-electron chi connectivity index (χ1n) is 18.6. The van der Waals surface area contributed by atoms with Crippen molar-refractivity contribution >= 4 is 79.5 Å². The molecule has 58 heavy (non-hydrogen) atoms. The van der Waals surface area contributed by atoms with Crippen molar-refractivity contribution in [3.63, 3.8) is 0 Å². The van der Waals surface area contributed by atoms with E-state index in [9.17, 15) is 19.2 Å². The van der Waals surface area contributed by atoms with Gasteiger partial charge in [-0.2, -0.15) is 10.2 Å². The molecule has 18 nitrogen and oxygen atoms in total. The lowest BCUT2D eigenvalue weighted by Gasteiger charge is -2.11. The summed E-state index contributed by atoms with van der Waals surface area (Å²) in [6, 6.07) is 10.1. The maximum atomic E-state index is 13.7. The van der Waals surface area contributed by atoms with Crippen molar-refractivity contribution in [1.82, 2.24) is 38.7 Å². The molecule has 2 aromatic carbocycles. The van der Waals surface area contributed by atoms with E-state index in [0.717, 1.165) is 0 Å². The fourth-order valence-corrected chi connectivity index (χ4v) is 7.44. The van der Waals surface area contributed by atoms with Crippen molar-refractivity contribution in [3.05, 3.63) is 94.0 Å². The molecule has 8 rings (SSSR count). The Bertz CT molecular complexity index is 2840. The summed E-state index contributed by atoms with van der Waals surface area (Å²) in [6.07, 6.45) is 3.75. The van der Waals surface area contributed by atoms with Gasteiger partial charge in [0.05, 0.1) is 44.6 Å². The highest BCUT2D eigenvalue weighted by molar-refractivity contribution is 6.16. The first-order chi connectivity index (χ1) is 27.8. The Morgan fingerprint density at radius 2 is 1.03 bits per heavy atom. The summed E-state index contributed by atoms with van der Waals surface area (Å²) in [5.74, 6) is -0.663. The lowest BCUT2D eigenvalue weighted by molar-refractivity contribution is 0.0992. The predicted octanol–water partition coefficient (Wildman–Crippen LogP) is 5.50. The number of rotatable bonds is 12. The summed E-state index contributed by atoms with van der Waals surface area (Å²) in [6.45, 7) is 12.3. The van der Waals surface area contributed by atoms with Crippen LogP contribution in [0, 0.1) is 27.7 Å². The summed E-state index contributed by atoms with van der Waals surface area (Å²) in [4.78, 5) is 62.0. The number of aryl methyl sites for hydroxylation is 6. The Balaban J connectivity index is 1.22. The monoisotopic (exact) mass is 784 g/mol. The number of allylic oxidation sites excluding steroid dienone is 2. The van der Waals surface area contributed by atoms with E-state index >= 15 is 0 Å². The van der Waals surface area contributed by atoms with Crippen LogP contribution in [0.1, 0.15) is 78.4 Å². The van der Waals surface area contributed by atoms with Crippen LogP contribution in [0.4, 0.5) is 11.9 Å². The number of hydrogen-bond acceptors (Lipinski definition) is 10. The first-order valence-corrected chi connectivity index (χ1v) is 18.6. The molecule has 8 aromatic rings. The van der Waals surface area contributed by atoms with Crippen LogP contribution in [0.3, 0.4) is 0 Å². The van der Waals surface area contributed by atoms with Crippen LogP contribution in [0.2, 0.25) is 0 Å². The number of nitrogens with zero attached hydrogens (tertiary/aromatic N) is 8. The minimum Gasteiger partial charge on any atom is -0.460 e. The number of hydrogen-bond donors (Lipinski definition) is 4. The van der Waals surface area contributed by atoms with Crippen LogP contribution in [0.15, 0.2) is 57.4 Å². The molecule has 0 unspecified atom stereocenters. The van der Waals surface area contributed by atoms with Gasteiger partial charge in [-0.15, -0.1) is 0 Å². The molecule has 0 radical (unpaired) electrons. The number of benzene rings is 2. The fraction of sp³-hybridized carbons (Fsp3) is 0.250. The van der Waals surface area contributed by atoms with Crippen molar-refractivity contribution in [2.75, 3.05) is 10.6 Å². The zero-order valence-corrected chi connectivity index (χ0v) is 32.6. The average molecular weight is 785 g/mol. The molecule has 0 bridgehead atoms. The van der Waals surface area contributed by atoms with Crippen LogP contribution in [-0.2, 0) is 26.2 Å². The van der Waals surface area contributed by atoms with E-state index in [0.29, 0.717) is 91.4 Å². The summed E-state index contributed by atoms with van der Waals surface area (Å²) < 4.78 is 18.7. The van der Waals surface area contributed by atoms with Gasteiger partial charge >= 0.3 is 0 Å². The lowest BCUT2D eigenvalue weighted by Crippen LogP contribution is -2.20. The molecule has 0 saturated carbocycles. The molecule has 0 saturated heterocycles. The Hall–Kier alpha value is -7.50. The van der Waals surface area contributed by atoms with Crippen LogP contribution < -0.4 is 22.1 Å². The predicted molar refractivity (Wildman–Crippen MR) is 216 cm³/mol. The number of amides is 4. The van der Waals surface area contributed by atoms with Gasteiger partial charge < -0.3 is 29.4 Å². The number of aromatic nitrogens is 8. The van der Waals surface area contributed by atoms with Crippen LogP contribution >= 0.6 is 0 Å². The van der Waals surface area contributed by atoms with E-state index < -0.39 is 23.6 Å². The molecule has 0 atom stereocenters. The van der Waals surface area contributed by atoms with Gasteiger partial charge in [-0.3, -0.25) is 39.2 Å². The zero-order valence-electron chi connectivity index (χ0n) is 32.6. The minimum atomic E-state index is -0.682. The van der Waals surface area contributed by atoms with Crippen molar-refractivity contribution < 1.29 is 28.0 Å². The third-order valence-corrected chi connectivity index (χ3v) is 9.85. The minimum absolute atomic E-state index is 0.160. The van der Waals surface area contributed by atoms with Gasteiger partial charge in [0.1, 0.15) is 34.1 Å². The Labute approximate surface area is 329 Å². The molecule has 0 spiro atoms. The number of carbonyl (C=O) groups excluding carboxylic acids is 4. The largest absolute Gasteiger partial charge is 0.460 e. The van der Waals surface area contributed by atoms with E-state index in [4.69, 9.17) is 30.3 Å². The third-order valence-electron chi connectivity index (χ3n) is 9.85. The first kappa shape index (κ1) is 37.4. The SMILES string of the molecule is CCn1nc(C)cc1C(=O)Nc1nc2cc(C(N)=O)c3oc(C)cc3c2n1C/C=C/Cn1c(NC(=O)c2cc(C)nn2CC)nc2cc(C(N)=O)c3oc(C)cc3c21. The highest BCUT2D eigenvalue weighted by Crippen LogP contribution is 2.35. The smallest absolute Gasteiger partial charge is 0.276 e. The number of nitrogens with two attached hydrogens (primary N) is 2. The summed E-state index contributed by atoms with van der Waals surface area (Å²) in [5, 5.41) is 15.9. The Morgan fingerprint density at radius 3 is 1.40 bits per heavy atom. The maximum absolute atomic E-state index is 13.7. The normalized spacial score (nSPS) is 11.9. The van der Waals surface area contributed by atoms with Gasteiger partial charge in [-0.25, -0.2) is 9.97 Å². The van der Waals surface area contributed by atoms with Gasteiger partial charge in [-0.1, -0.05) is 12.2 Å². The Kier molecular flexibility index (Phi) is 9.17. The average Bonchev–Trinajstić information content (AvgIpc) is 4.02. The van der Waals surface area contributed by atoms with Crippen LogP contribution in [0.5, 0.6) is 0 Å². The number of anilines is 2. The summed E-state index contributed by atoms with van der Waals surface area (Å²) in [7, 11) is 0. The Morgan fingerprint density at radius 1 is 0.638 bits per heavy atom. The molecule has 0 aliphatic rings. The lowest BCUT2D eigenvalue weighted by atomic mass is 10.1. The van der Waals surface area contributed by atoms with Crippen LogP contribution in [-0.4, -0.2) is 62.3 Å². The van der Waals surface area contributed by atoms with E-state index in [1.165, 1.54) is 0 Å². The topological polar surface area (TPSA) is 242 Å².